The predicted octanol–water partition coefficient (Wildman–Crippen LogP) is 2.21. The van der Waals surface area contributed by atoms with E-state index in [-0.39, 0.29) is 0 Å². The Morgan fingerprint density at radius 1 is 1.38 bits per heavy atom. The molecule has 0 atom stereocenters. The molecular weight excluding hydrogens is 270 g/mol. The lowest BCUT2D eigenvalue weighted by molar-refractivity contribution is 0.200. The van der Waals surface area contributed by atoms with Crippen molar-refractivity contribution in [2.75, 3.05) is 19.5 Å². The summed E-state index contributed by atoms with van der Waals surface area (Å²) in [7, 11) is 1.66. The van der Waals surface area contributed by atoms with Crippen LogP contribution in [0.2, 0.25) is 0 Å². The van der Waals surface area contributed by atoms with Crippen molar-refractivity contribution < 1.29 is 4.74 Å². The Morgan fingerprint density at radius 2 is 2.06 bits per heavy atom. The van der Waals surface area contributed by atoms with Crippen molar-refractivity contribution in [1.29, 1.82) is 0 Å². The Labute approximate surface area is 105 Å². The third-order valence-corrected chi connectivity index (χ3v) is 2.99. The second-order valence-corrected chi connectivity index (χ2v) is 4.92. The highest BCUT2D eigenvalue weighted by Crippen LogP contribution is 2.23. The average molecular weight is 288 g/mol. The molecule has 0 saturated heterocycles. The van der Waals surface area contributed by atoms with Gasteiger partial charge in [0.2, 0.25) is 0 Å². The minimum absolute atomic E-state index is 0.511. The summed E-state index contributed by atoms with van der Waals surface area (Å²) < 4.78 is 5.83. The zero-order chi connectivity index (χ0) is 12.1. The molecule has 0 spiro atoms. The van der Waals surface area contributed by atoms with Gasteiger partial charge in [-0.15, -0.1) is 0 Å². The van der Waals surface area contributed by atoms with Crippen LogP contribution in [0.4, 0.5) is 5.82 Å². The van der Waals surface area contributed by atoms with Crippen molar-refractivity contribution in [3.05, 3.63) is 16.0 Å². The Kier molecular flexibility index (Phi) is 5.15. The first kappa shape index (κ1) is 13.4. The van der Waals surface area contributed by atoms with Crippen molar-refractivity contribution >= 4 is 21.7 Å². The third kappa shape index (κ3) is 3.72. The van der Waals surface area contributed by atoms with Crippen molar-refractivity contribution in [1.82, 2.24) is 9.97 Å². The van der Waals surface area contributed by atoms with Gasteiger partial charge in [-0.05, 0) is 28.3 Å². The quantitative estimate of drug-likeness (QED) is 0.902. The van der Waals surface area contributed by atoms with Crippen molar-refractivity contribution in [3.8, 4) is 0 Å². The fourth-order valence-electron chi connectivity index (χ4n) is 1.39. The monoisotopic (exact) mass is 287 g/mol. The molecule has 5 heteroatoms. The van der Waals surface area contributed by atoms with Crippen LogP contribution in [0.5, 0.6) is 0 Å². The zero-order valence-corrected chi connectivity index (χ0v) is 11.5. The van der Waals surface area contributed by atoms with E-state index in [0.29, 0.717) is 24.8 Å². The molecule has 1 aromatic rings. The minimum atomic E-state index is 0.511. The average Bonchev–Trinajstić information content (AvgIpc) is 2.21. The summed E-state index contributed by atoms with van der Waals surface area (Å²) in [5, 5.41) is 0. The van der Waals surface area contributed by atoms with Gasteiger partial charge in [0.1, 0.15) is 11.6 Å². The van der Waals surface area contributed by atoms with E-state index in [0.717, 1.165) is 22.4 Å². The fraction of sp³-hybridized carbons (Fsp3) is 0.636. The molecule has 2 N–H and O–H groups in total. The maximum Gasteiger partial charge on any atom is 0.141 e. The fourth-order valence-corrected chi connectivity index (χ4v) is 1.73. The zero-order valence-electron chi connectivity index (χ0n) is 9.96. The van der Waals surface area contributed by atoms with Gasteiger partial charge >= 0.3 is 0 Å². The van der Waals surface area contributed by atoms with E-state index >= 15 is 0 Å². The Bertz CT molecular complexity index is 355. The first-order valence-corrected chi connectivity index (χ1v) is 6.13. The second kappa shape index (κ2) is 6.15. The van der Waals surface area contributed by atoms with Gasteiger partial charge in [0.15, 0.2) is 0 Å². The number of anilines is 1. The van der Waals surface area contributed by atoms with Crippen LogP contribution in [0.25, 0.3) is 0 Å². The Balaban J connectivity index is 2.92. The van der Waals surface area contributed by atoms with E-state index in [9.17, 15) is 0 Å². The molecule has 1 rings (SSSR count). The maximum atomic E-state index is 5.83. The summed E-state index contributed by atoms with van der Waals surface area (Å²) in [6, 6.07) is 0. The molecular formula is C11H18BrN3O. The van der Waals surface area contributed by atoms with Gasteiger partial charge in [0.05, 0.1) is 16.8 Å². The van der Waals surface area contributed by atoms with Gasteiger partial charge in [0, 0.05) is 13.5 Å². The number of aromatic nitrogens is 2. The number of halogens is 1. The lowest BCUT2D eigenvalue weighted by Crippen LogP contribution is -2.09. The van der Waals surface area contributed by atoms with Crippen LogP contribution in [-0.4, -0.2) is 23.7 Å². The number of nitrogens with two attached hydrogens (primary N) is 1. The topological polar surface area (TPSA) is 61.0 Å². The molecule has 0 fully saturated rings. The van der Waals surface area contributed by atoms with E-state index in [1.807, 2.05) is 0 Å². The third-order valence-electron chi connectivity index (χ3n) is 2.12. The number of nitrogen functional groups attached to an aromatic ring is 1. The van der Waals surface area contributed by atoms with E-state index in [1.165, 1.54) is 0 Å². The first-order chi connectivity index (χ1) is 7.54. The Morgan fingerprint density at radius 3 is 2.62 bits per heavy atom. The van der Waals surface area contributed by atoms with E-state index in [1.54, 1.807) is 7.11 Å². The van der Waals surface area contributed by atoms with Gasteiger partial charge in [0.25, 0.3) is 0 Å². The molecule has 1 aromatic heterocycles. The van der Waals surface area contributed by atoms with Crippen LogP contribution < -0.4 is 5.73 Å². The molecule has 1 heterocycles. The highest BCUT2D eigenvalue weighted by Gasteiger charge is 2.11. The summed E-state index contributed by atoms with van der Waals surface area (Å²) >= 11 is 3.43. The molecule has 0 bridgehead atoms. The highest BCUT2D eigenvalue weighted by atomic mass is 79.9. The van der Waals surface area contributed by atoms with Crippen LogP contribution in [-0.2, 0) is 17.6 Å². The molecule has 0 aromatic carbocycles. The molecule has 0 aliphatic carbocycles. The predicted molar refractivity (Wildman–Crippen MR) is 68.3 cm³/mol. The van der Waals surface area contributed by atoms with Crippen LogP contribution in [0.1, 0.15) is 25.4 Å². The summed E-state index contributed by atoms with van der Waals surface area (Å²) in [5.41, 5.74) is 6.81. The molecule has 0 radical (unpaired) electrons. The van der Waals surface area contributed by atoms with Crippen molar-refractivity contribution in [2.45, 2.75) is 26.7 Å². The maximum absolute atomic E-state index is 5.83. The smallest absolute Gasteiger partial charge is 0.141 e. The molecule has 0 unspecified atom stereocenters. The lowest BCUT2D eigenvalue weighted by Gasteiger charge is -2.10. The number of hydrogen-bond donors (Lipinski definition) is 1. The van der Waals surface area contributed by atoms with E-state index < -0.39 is 0 Å². The number of nitrogens with zero attached hydrogens (tertiary/aromatic N) is 2. The van der Waals surface area contributed by atoms with Gasteiger partial charge < -0.3 is 10.5 Å². The van der Waals surface area contributed by atoms with Gasteiger partial charge in [-0.25, -0.2) is 9.97 Å². The van der Waals surface area contributed by atoms with Crippen LogP contribution >= 0.6 is 15.9 Å². The van der Waals surface area contributed by atoms with Crippen LogP contribution in [0.3, 0.4) is 0 Å². The van der Waals surface area contributed by atoms with E-state index in [2.05, 4.69) is 39.7 Å². The van der Waals surface area contributed by atoms with Gasteiger partial charge in [-0.1, -0.05) is 13.8 Å². The number of methoxy groups -OCH3 is 1. The minimum Gasteiger partial charge on any atom is -0.384 e. The second-order valence-electron chi connectivity index (χ2n) is 4.13. The molecule has 0 saturated carbocycles. The first-order valence-electron chi connectivity index (χ1n) is 5.34. The molecule has 0 aliphatic heterocycles. The molecule has 4 nitrogen and oxygen atoms in total. The molecule has 16 heavy (non-hydrogen) atoms. The van der Waals surface area contributed by atoms with Crippen molar-refractivity contribution in [2.24, 2.45) is 5.92 Å². The number of ether oxygens (including phenoxy) is 1. The number of hydrogen-bond acceptors (Lipinski definition) is 4. The lowest BCUT2D eigenvalue weighted by atomic mass is 10.1. The normalized spacial score (nSPS) is 11.1. The van der Waals surface area contributed by atoms with Crippen LogP contribution in [0, 0.1) is 5.92 Å². The molecule has 90 valence electrons. The summed E-state index contributed by atoms with van der Waals surface area (Å²) in [6.45, 7) is 4.92. The Hall–Kier alpha value is -0.680. The van der Waals surface area contributed by atoms with Crippen LogP contribution in [0.15, 0.2) is 4.47 Å². The summed E-state index contributed by atoms with van der Waals surface area (Å²) in [5.74, 6) is 1.80. The summed E-state index contributed by atoms with van der Waals surface area (Å²) in [4.78, 5) is 8.71. The SMILES string of the molecule is COCCc1nc(N)c(Br)c(CC(C)C)n1. The van der Waals surface area contributed by atoms with Gasteiger partial charge in [-0.3, -0.25) is 0 Å². The standard InChI is InChI=1S/C11H18BrN3O/c1-7(2)6-8-10(12)11(13)15-9(14-8)4-5-16-3/h7H,4-6H2,1-3H3,(H2,13,14,15). The largest absolute Gasteiger partial charge is 0.384 e. The van der Waals surface area contributed by atoms with Gasteiger partial charge in [-0.2, -0.15) is 0 Å². The summed E-state index contributed by atoms with van der Waals surface area (Å²) in [6.07, 6.45) is 1.59. The highest BCUT2D eigenvalue weighted by molar-refractivity contribution is 9.10. The van der Waals surface area contributed by atoms with E-state index in [4.69, 9.17) is 10.5 Å². The van der Waals surface area contributed by atoms with Crippen molar-refractivity contribution in [3.63, 3.8) is 0 Å². The molecule has 0 amide bonds. The molecule has 0 aliphatic rings. The number of rotatable bonds is 5.